The van der Waals surface area contributed by atoms with Crippen LogP contribution in [0.5, 0.6) is 5.75 Å². The van der Waals surface area contributed by atoms with Gasteiger partial charge in [0, 0.05) is 21.6 Å². The van der Waals surface area contributed by atoms with Crippen molar-refractivity contribution in [3.05, 3.63) is 60.0 Å². The van der Waals surface area contributed by atoms with Crippen molar-refractivity contribution in [3.8, 4) is 27.3 Å². The summed E-state index contributed by atoms with van der Waals surface area (Å²) in [5.74, 6) is 0.879. The molecular weight excluding hydrogens is 254 g/mol. The van der Waals surface area contributed by atoms with Crippen molar-refractivity contribution in [3.63, 3.8) is 0 Å². The lowest BCUT2D eigenvalue weighted by Crippen LogP contribution is -2.11. The van der Waals surface area contributed by atoms with E-state index >= 15 is 0 Å². The Kier molecular flexibility index (Phi) is 2.32. The Hall–Kier alpha value is -2.26. The predicted molar refractivity (Wildman–Crippen MR) is 79.4 cm³/mol. The van der Waals surface area contributed by atoms with Crippen LogP contribution < -0.4 is 10.3 Å². The second-order valence-corrected chi connectivity index (χ2v) is 5.35. The zero-order valence-electron chi connectivity index (χ0n) is 10.1. The minimum atomic E-state index is 0.879. The zero-order valence-corrected chi connectivity index (χ0v) is 10.9. The first-order valence-electron chi connectivity index (χ1n) is 6.12. The highest BCUT2D eigenvalue weighted by Gasteiger charge is 2.20. The molecule has 2 aromatic carbocycles. The van der Waals surface area contributed by atoms with E-state index in [9.17, 15) is 0 Å². The molecular formula is C16H11NOS. The lowest BCUT2D eigenvalue weighted by molar-refractivity contribution is 0.402. The lowest BCUT2D eigenvalue weighted by atomic mass is 9.95. The van der Waals surface area contributed by atoms with Gasteiger partial charge < -0.3 is 4.84 Å². The average Bonchev–Trinajstić information content (AvgIpc) is 3.00. The van der Waals surface area contributed by atoms with Crippen molar-refractivity contribution in [2.45, 2.75) is 0 Å². The van der Waals surface area contributed by atoms with Gasteiger partial charge in [0.2, 0.25) is 0 Å². The first-order chi connectivity index (χ1) is 9.43. The molecule has 2 heterocycles. The molecule has 1 N–H and O–H groups in total. The fraction of sp³-hybridized carbons (Fsp3) is 0. The molecule has 0 saturated heterocycles. The van der Waals surface area contributed by atoms with Crippen molar-refractivity contribution in [1.82, 2.24) is 0 Å². The summed E-state index contributed by atoms with van der Waals surface area (Å²) < 4.78 is 0. The van der Waals surface area contributed by atoms with Crippen LogP contribution in [-0.2, 0) is 0 Å². The molecule has 0 unspecified atom stereocenters. The molecule has 19 heavy (non-hydrogen) atoms. The summed E-state index contributed by atoms with van der Waals surface area (Å²) in [5, 5.41) is 2.10. The number of hydrogen-bond acceptors (Lipinski definition) is 3. The fourth-order valence-corrected chi connectivity index (χ4v) is 3.19. The molecule has 1 aliphatic heterocycles. The van der Waals surface area contributed by atoms with Crippen molar-refractivity contribution in [2.75, 3.05) is 5.48 Å². The molecule has 0 saturated carbocycles. The molecule has 92 valence electrons. The summed E-state index contributed by atoms with van der Waals surface area (Å²) in [6.45, 7) is 0. The van der Waals surface area contributed by atoms with E-state index in [2.05, 4.69) is 41.2 Å². The molecule has 0 atom stereocenters. The maximum atomic E-state index is 5.64. The monoisotopic (exact) mass is 265 g/mol. The molecule has 4 rings (SSSR count). The molecule has 0 radical (unpaired) electrons. The van der Waals surface area contributed by atoms with Gasteiger partial charge in [-0.05, 0) is 23.6 Å². The van der Waals surface area contributed by atoms with Gasteiger partial charge in [-0.25, -0.2) is 5.48 Å². The minimum Gasteiger partial charge on any atom is -0.381 e. The van der Waals surface area contributed by atoms with E-state index in [0.29, 0.717) is 0 Å². The molecule has 0 fully saturated rings. The maximum absolute atomic E-state index is 5.64. The quantitative estimate of drug-likeness (QED) is 0.682. The third-order valence-corrected chi connectivity index (χ3v) is 4.18. The summed E-state index contributed by atoms with van der Waals surface area (Å²) in [7, 11) is 0. The number of anilines is 1. The Morgan fingerprint density at radius 1 is 0.842 bits per heavy atom. The van der Waals surface area contributed by atoms with Crippen LogP contribution in [-0.4, -0.2) is 0 Å². The second-order valence-electron chi connectivity index (χ2n) is 4.41. The van der Waals surface area contributed by atoms with Gasteiger partial charge in [0.1, 0.15) is 0 Å². The Morgan fingerprint density at radius 2 is 1.74 bits per heavy atom. The minimum absolute atomic E-state index is 0.879. The number of para-hydroxylation sites is 1. The Labute approximate surface area is 115 Å². The van der Waals surface area contributed by atoms with Gasteiger partial charge in [-0.1, -0.05) is 36.4 Å². The highest BCUT2D eigenvalue weighted by Crippen LogP contribution is 2.45. The largest absolute Gasteiger partial charge is 0.381 e. The van der Waals surface area contributed by atoms with E-state index in [0.717, 1.165) is 11.4 Å². The number of benzene rings is 2. The number of fused-ring (bicyclic) bond motifs is 3. The van der Waals surface area contributed by atoms with Gasteiger partial charge in [0.25, 0.3) is 0 Å². The Bertz CT molecular complexity index is 734. The van der Waals surface area contributed by atoms with E-state index in [-0.39, 0.29) is 0 Å². The molecule has 1 aromatic heterocycles. The highest BCUT2D eigenvalue weighted by molar-refractivity contribution is 7.13. The first kappa shape index (κ1) is 10.6. The summed E-state index contributed by atoms with van der Waals surface area (Å²) in [4.78, 5) is 6.90. The third-order valence-electron chi connectivity index (χ3n) is 3.28. The second kappa shape index (κ2) is 4.14. The summed E-state index contributed by atoms with van der Waals surface area (Å²) in [6, 6.07) is 18.6. The lowest BCUT2D eigenvalue weighted by Gasteiger charge is -2.23. The molecule has 0 bridgehead atoms. The first-order valence-corrected chi connectivity index (χ1v) is 7.00. The Balaban J connectivity index is 2.03. The summed E-state index contributed by atoms with van der Waals surface area (Å²) in [6.07, 6.45) is 0. The number of nitrogens with one attached hydrogen (secondary N) is 1. The molecule has 3 aromatic rings. The van der Waals surface area contributed by atoms with Crippen LogP contribution in [0, 0.1) is 0 Å². The normalized spacial score (nSPS) is 12.0. The zero-order chi connectivity index (χ0) is 12.7. The van der Waals surface area contributed by atoms with Gasteiger partial charge in [-0.2, -0.15) is 0 Å². The molecule has 0 spiro atoms. The van der Waals surface area contributed by atoms with E-state index in [1.807, 2.05) is 24.3 Å². The van der Waals surface area contributed by atoms with Crippen molar-refractivity contribution >= 4 is 17.0 Å². The number of thiophene rings is 1. The van der Waals surface area contributed by atoms with E-state index in [1.165, 1.54) is 21.6 Å². The maximum Gasteiger partial charge on any atom is 0.163 e. The molecule has 1 aliphatic rings. The van der Waals surface area contributed by atoms with Crippen molar-refractivity contribution < 1.29 is 4.84 Å². The van der Waals surface area contributed by atoms with Gasteiger partial charge in [0.05, 0.1) is 5.69 Å². The number of hydrogen-bond donors (Lipinski definition) is 1. The molecule has 3 heteroatoms. The third kappa shape index (κ3) is 1.63. The molecule has 2 nitrogen and oxygen atoms in total. The summed E-state index contributed by atoms with van der Waals surface area (Å²) in [5.41, 5.74) is 7.58. The van der Waals surface area contributed by atoms with Crippen LogP contribution in [0.2, 0.25) is 0 Å². The number of rotatable bonds is 1. The topological polar surface area (TPSA) is 21.3 Å². The van der Waals surface area contributed by atoms with Crippen molar-refractivity contribution in [2.24, 2.45) is 0 Å². The van der Waals surface area contributed by atoms with Crippen LogP contribution in [0.4, 0.5) is 5.69 Å². The van der Waals surface area contributed by atoms with Gasteiger partial charge >= 0.3 is 0 Å². The van der Waals surface area contributed by atoms with E-state index < -0.39 is 0 Å². The van der Waals surface area contributed by atoms with Crippen molar-refractivity contribution in [1.29, 1.82) is 0 Å². The van der Waals surface area contributed by atoms with Crippen LogP contribution in [0.3, 0.4) is 0 Å². The highest BCUT2D eigenvalue weighted by atomic mass is 32.1. The van der Waals surface area contributed by atoms with E-state index in [4.69, 9.17) is 4.84 Å². The van der Waals surface area contributed by atoms with Gasteiger partial charge in [0.15, 0.2) is 5.75 Å². The van der Waals surface area contributed by atoms with Crippen LogP contribution in [0.15, 0.2) is 60.0 Å². The molecule has 0 aliphatic carbocycles. The van der Waals surface area contributed by atoms with Crippen LogP contribution in [0.1, 0.15) is 0 Å². The fourth-order valence-electron chi connectivity index (χ4n) is 2.43. The predicted octanol–water partition coefficient (Wildman–Crippen LogP) is 4.80. The SMILES string of the molecule is c1csc(-c2cccc3c2-c2ccccc2NO3)c1. The Morgan fingerprint density at radius 3 is 2.63 bits per heavy atom. The van der Waals surface area contributed by atoms with E-state index in [1.54, 1.807) is 11.3 Å². The van der Waals surface area contributed by atoms with Crippen LogP contribution >= 0.6 is 11.3 Å². The van der Waals surface area contributed by atoms with Gasteiger partial charge in [-0.15, -0.1) is 11.3 Å². The molecule has 0 amide bonds. The van der Waals surface area contributed by atoms with Crippen LogP contribution in [0.25, 0.3) is 21.6 Å². The average molecular weight is 265 g/mol. The smallest absolute Gasteiger partial charge is 0.163 e. The van der Waals surface area contributed by atoms with Gasteiger partial charge in [-0.3, -0.25) is 0 Å². The standard InChI is InChI=1S/C16H11NOS/c1-2-7-13-11(5-1)16-12(15-9-4-10-19-15)6-3-8-14(16)18-17-13/h1-10,17H. The summed E-state index contributed by atoms with van der Waals surface area (Å²) >= 11 is 1.75.